The highest BCUT2D eigenvalue weighted by Crippen LogP contribution is 2.43. The molecule has 4 nitrogen and oxygen atoms in total. The highest BCUT2D eigenvalue weighted by molar-refractivity contribution is 6.99. The Morgan fingerprint density at radius 3 is 2.05 bits per heavy atom. The highest BCUT2D eigenvalue weighted by atomic mass is 15.3. The average molecular weight is 474 g/mol. The summed E-state index contributed by atoms with van der Waals surface area (Å²) < 4.78 is 2.23. The molecule has 0 amide bonds. The lowest BCUT2D eigenvalue weighted by atomic mass is 9.35. The van der Waals surface area contributed by atoms with Gasteiger partial charge in [-0.05, 0) is 78.0 Å². The van der Waals surface area contributed by atoms with Gasteiger partial charge in [0.15, 0.2) is 0 Å². The summed E-state index contributed by atoms with van der Waals surface area (Å²) in [5, 5.41) is 0. The second kappa shape index (κ2) is 7.61. The van der Waals surface area contributed by atoms with E-state index in [0.717, 1.165) is 28.4 Å². The maximum Gasteiger partial charge on any atom is 0.277 e. The lowest BCUT2D eigenvalue weighted by molar-refractivity contribution is 1.12. The number of nitrogens with zero attached hydrogens (tertiary/aromatic N) is 4. The van der Waals surface area contributed by atoms with Gasteiger partial charge in [0.25, 0.3) is 6.71 Å². The first-order chi connectivity index (χ1) is 18.3. The van der Waals surface area contributed by atoms with Crippen LogP contribution in [0.4, 0.5) is 34.3 Å². The zero-order valence-electron chi connectivity index (χ0n) is 20.4. The van der Waals surface area contributed by atoms with E-state index in [1.54, 1.807) is 0 Å². The largest absolute Gasteiger partial charge is 0.311 e. The molecule has 0 aliphatic carbocycles. The molecule has 2 aliphatic heterocycles. The van der Waals surface area contributed by atoms with Crippen molar-refractivity contribution in [3.63, 3.8) is 0 Å². The van der Waals surface area contributed by atoms with Crippen LogP contribution in [0.25, 0.3) is 5.65 Å². The van der Waals surface area contributed by atoms with Crippen molar-refractivity contribution in [3.8, 4) is 0 Å². The second-order valence-corrected chi connectivity index (χ2v) is 9.80. The van der Waals surface area contributed by atoms with Crippen molar-refractivity contribution in [1.29, 1.82) is 0 Å². The Morgan fingerprint density at radius 2 is 1.30 bits per heavy atom. The van der Waals surface area contributed by atoms with E-state index in [0.29, 0.717) is 0 Å². The number of pyridine rings is 1. The second-order valence-electron chi connectivity index (χ2n) is 9.80. The molecule has 0 spiro atoms. The van der Waals surface area contributed by atoms with Crippen LogP contribution in [0.15, 0.2) is 121 Å². The summed E-state index contributed by atoms with van der Waals surface area (Å²) in [5.74, 6) is 1.11. The molecule has 4 heterocycles. The molecule has 5 heteroatoms. The third-order valence-electron chi connectivity index (χ3n) is 7.61. The van der Waals surface area contributed by atoms with E-state index < -0.39 is 0 Å². The summed E-state index contributed by atoms with van der Waals surface area (Å²) in [5.41, 5.74) is 11.8. The average Bonchev–Trinajstić information content (AvgIpc) is 3.33. The third kappa shape index (κ3) is 2.82. The van der Waals surface area contributed by atoms with E-state index >= 15 is 0 Å². The van der Waals surface area contributed by atoms with E-state index in [1.165, 1.54) is 33.6 Å². The highest BCUT2D eigenvalue weighted by Gasteiger charge is 2.45. The van der Waals surface area contributed by atoms with Gasteiger partial charge in [-0.2, -0.15) is 0 Å². The molecule has 0 radical (unpaired) electrons. The van der Waals surface area contributed by atoms with Crippen molar-refractivity contribution < 1.29 is 0 Å². The van der Waals surface area contributed by atoms with Crippen LogP contribution >= 0.6 is 0 Å². The van der Waals surface area contributed by atoms with Crippen LogP contribution < -0.4 is 26.3 Å². The summed E-state index contributed by atoms with van der Waals surface area (Å²) >= 11 is 0. The van der Waals surface area contributed by atoms with Crippen LogP contribution in [0.2, 0.25) is 0 Å². The molecule has 0 unspecified atom stereocenters. The Morgan fingerprint density at radius 1 is 0.622 bits per heavy atom. The summed E-state index contributed by atoms with van der Waals surface area (Å²) in [6.45, 7) is 2.21. The Balaban J connectivity index is 1.51. The molecule has 2 aromatic heterocycles. The molecule has 2 aliphatic rings. The molecular weight excluding hydrogens is 451 g/mol. The first kappa shape index (κ1) is 20.4. The molecule has 8 rings (SSSR count). The first-order valence-electron chi connectivity index (χ1n) is 12.7. The van der Waals surface area contributed by atoms with E-state index in [4.69, 9.17) is 4.98 Å². The van der Waals surface area contributed by atoms with Crippen LogP contribution in [0, 0.1) is 6.92 Å². The molecule has 0 fully saturated rings. The molecule has 0 N–H and O–H groups in total. The number of aryl methyl sites for hydroxylation is 1. The van der Waals surface area contributed by atoms with E-state index in [-0.39, 0.29) is 6.71 Å². The fourth-order valence-electron chi connectivity index (χ4n) is 6.11. The van der Waals surface area contributed by atoms with Gasteiger partial charge >= 0.3 is 0 Å². The van der Waals surface area contributed by atoms with Gasteiger partial charge < -0.3 is 4.90 Å². The number of para-hydroxylation sites is 2. The van der Waals surface area contributed by atoms with Crippen molar-refractivity contribution in [1.82, 2.24) is 9.38 Å². The number of hydrogen-bond donors (Lipinski definition) is 0. The lowest BCUT2D eigenvalue weighted by Crippen LogP contribution is -2.61. The smallest absolute Gasteiger partial charge is 0.277 e. The predicted molar refractivity (Wildman–Crippen MR) is 154 cm³/mol. The Bertz CT molecular complexity index is 1810. The minimum atomic E-state index is 0.0385. The van der Waals surface area contributed by atoms with Gasteiger partial charge in [0, 0.05) is 34.6 Å². The predicted octanol–water partition coefficient (Wildman–Crippen LogP) is 5.73. The SMILES string of the molecule is Cc1ccc2c(c1)N(c1ccccc1)c1cccc3c1B2c1nc2ccccn2c1N3c1ccccc1. The summed E-state index contributed by atoms with van der Waals surface area (Å²) in [7, 11) is 0. The number of benzene rings is 4. The Kier molecular flexibility index (Phi) is 4.20. The zero-order valence-corrected chi connectivity index (χ0v) is 20.4. The first-order valence-corrected chi connectivity index (χ1v) is 12.7. The van der Waals surface area contributed by atoms with Crippen LogP contribution in [-0.2, 0) is 0 Å². The van der Waals surface area contributed by atoms with E-state index in [1.807, 2.05) is 0 Å². The minimum absolute atomic E-state index is 0.0385. The minimum Gasteiger partial charge on any atom is -0.311 e. The van der Waals surface area contributed by atoms with Gasteiger partial charge in [-0.3, -0.25) is 9.30 Å². The molecule has 0 saturated carbocycles. The van der Waals surface area contributed by atoms with Crippen LogP contribution in [0.1, 0.15) is 5.56 Å². The molecule has 174 valence electrons. The van der Waals surface area contributed by atoms with Crippen LogP contribution in [-0.4, -0.2) is 16.1 Å². The monoisotopic (exact) mass is 474 g/mol. The fourth-order valence-corrected chi connectivity index (χ4v) is 6.11. The fraction of sp³-hybridized carbons (Fsp3) is 0.0312. The van der Waals surface area contributed by atoms with Crippen molar-refractivity contribution in [2.45, 2.75) is 6.92 Å². The molecule has 0 atom stereocenters. The zero-order chi connectivity index (χ0) is 24.5. The number of hydrogen-bond acceptors (Lipinski definition) is 3. The van der Waals surface area contributed by atoms with Crippen molar-refractivity contribution in [2.75, 3.05) is 9.80 Å². The summed E-state index contributed by atoms with van der Waals surface area (Å²) in [4.78, 5) is 10.1. The van der Waals surface area contributed by atoms with Gasteiger partial charge in [0.1, 0.15) is 11.5 Å². The van der Waals surface area contributed by atoms with Crippen molar-refractivity contribution in [3.05, 3.63) is 127 Å². The molecule has 6 aromatic rings. The molecular formula is C32H23BN4. The number of anilines is 6. The number of imidazole rings is 1. The molecule has 0 bridgehead atoms. The van der Waals surface area contributed by atoms with E-state index in [2.05, 4.69) is 143 Å². The normalized spacial score (nSPS) is 13.4. The van der Waals surface area contributed by atoms with Crippen molar-refractivity contribution >= 4 is 63.1 Å². The van der Waals surface area contributed by atoms with Gasteiger partial charge in [-0.15, -0.1) is 0 Å². The lowest BCUT2D eigenvalue weighted by Gasteiger charge is -2.42. The topological polar surface area (TPSA) is 23.8 Å². The van der Waals surface area contributed by atoms with Crippen LogP contribution in [0.3, 0.4) is 0 Å². The maximum absolute atomic E-state index is 5.28. The van der Waals surface area contributed by atoms with Crippen LogP contribution in [0.5, 0.6) is 0 Å². The summed E-state index contributed by atoms with van der Waals surface area (Å²) in [6, 6.07) is 41.1. The standard InChI is InChI=1S/C32H23BN4/c1-22-18-19-25-28(21-22)36(23-11-4-2-5-12-23)26-15-10-16-27-30(26)33(25)31-32(35-20-9-8-17-29(35)34-31)37(27)24-13-6-3-7-14-24/h2-21H,1H3. The van der Waals surface area contributed by atoms with Gasteiger partial charge in [0.05, 0.1) is 5.59 Å². The van der Waals surface area contributed by atoms with Gasteiger partial charge in [0.2, 0.25) is 0 Å². The molecule has 0 saturated heterocycles. The number of rotatable bonds is 2. The molecule has 4 aromatic carbocycles. The quantitative estimate of drug-likeness (QED) is 0.299. The molecule has 37 heavy (non-hydrogen) atoms. The number of aromatic nitrogens is 2. The van der Waals surface area contributed by atoms with Gasteiger partial charge in [-0.25, -0.2) is 4.98 Å². The van der Waals surface area contributed by atoms with Crippen molar-refractivity contribution in [2.24, 2.45) is 0 Å². The Hall–Kier alpha value is -4.77. The Labute approximate surface area is 216 Å². The van der Waals surface area contributed by atoms with Gasteiger partial charge in [-0.1, -0.05) is 60.7 Å². The number of fused-ring (bicyclic) bond motifs is 6. The summed E-state index contributed by atoms with van der Waals surface area (Å²) in [6.07, 6.45) is 2.13. The van der Waals surface area contributed by atoms with E-state index in [9.17, 15) is 0 Å². The maximum atomic E-state index is 5.28. The third-order valence-corrected chi connectivity index (χ3v) is 7.61.